The maximum absolute atomic E-state index is 5.40. The summed E-state index contributed by atoms with van der Waals surface area (Å²) < 4.78 is 5.40. The smallest absolute Gasteiger partial charge is 0.132 e. The highest BCUT2D eigenvalue weighted by molar-refractivity contribution is 7.99. The van der Waals surface area contributed by atoms with Gasteiger partial charge in [-0.2, -0.15) is 5.10 Å². The average molecular weight is 341 g/mol. The van der Waals surface area contributed by atoms with E-state index in [4.69, 9.17) is 4.74 Å². The fourth-order valence-electron chi connectivity index (χ4n) is 2.59. The molecule has 1 atom stereocenters. The zero-order chi connectivity index (χ0) is 16.8. The average Bonchev–Trinajstić information content (AvgIpc) is 3.08. The van der Waals surface area contributed by atoms with E-state index < -0.39 is 0 Å². The Morgan fingerprint density at radius 3 is 3.00 bits per heavy atom. The van der Waals surface area contributed by atoms with Gasteiger partial charge in [0.2, 0.25) is 0 Å². The molecular weight excluding hydrogens is 318 g/mol. The summed E-state index contributed by atoms with van der Waals surface area (Å²) in [6.45, 7) is 4.13. The third-order valence-corrected chi connectivity index (χ3v) is 5.30. The number of para-hydroxylation sites is 1. The third-order valence-electron chi connectivity index (χ3n) is 3.92. The monoisotopic (exact) mass is 341 g/mol. The lowest BCUT2D eigenvalue weighted by atomic mass is 10.1. The summed E-state index contributed by atoms with van der Waals surface area (Å²) in [5.74, 6) is 2.60. The summed E-state index contributed by atoms with van der Waals surface area (Å²) in [5.41, 5.74) is 2.37. The van der Waals surface area contributed by atoms with E-state index in [9.17, 15) is 0 Å². The topological polar surface area (TPSA) is 49.9 Å². The lowest BCUT2D eigenvalue weighted by molar-refractivity contribution is 0.404. The van der Waals surface area contributed by atoms with E-state index in [1.54, 1.807) is 7.11 Å². The minimum Gasteiger partial charge on any atom is -0.496 e. The second-order valence-corrected chi connectivity index (χ2v) is 7.05. The molecule has 3 aromatic rings. The number of hydrogen-bond donors (Lipinski definition) is 2. The van der Waals surface area contributed by atoms with Crippen molar-refractivity contribution in [3.63, 3.8) is 0 Å². The number of hydrogen-bond acceptors (Lipinski definition) is 4. The molecule has 24 heavy (non-hydrogen) atoms. The highest BCUT2D eigenvalue weighted by atomic mass is 32.2. The number of rotatable bonds is 8. The molecule has 0 saturated heterocycles. The molecule has 0 saturated carbocycles. The predicted octanol–water partition coefficient (Wildman–Crippen LogP) is 4.09. The zero-order valence-electron chi connectivity index (χ0n) is 14.1. The number of aromatic nitrogens is 2. The van der Waals surface area contributed by atoms with Crippen molar-refractivity contribution in [3.8, 4) is 5.75 Å². The molecule has 0 aliphatic carbocycles. The Labute approximate surface area is 147 Å². The van der Waals surface area contributed by atoms with Gasteiger partial charge in [-0.3, -0.25) is 5.10 Å². The third kappa shape index (κ3) is 4.30. The second kappa shape index (κ2) is 8.22. The minimum atomic E-state index is 0.579. The Morgan fingerprint density at radius 2 is 2.12 bits per heavy atom. The molecule has 0 bridgehead atoms. The molecule has 0 aliphatic rings. The molecule has 4 nitrogen and oxygen atoms in total. The number of nitrogens with zero attached hydrogens (tertiary/aromatic N) is 1. The number of benzene rings is 2. The summed E-state index contributed by atoms with van der Waals surface area (Å²) in [7, 11) is 1.72. The van der Waals surface area contributed by atoms with Crippen LogP contribution < -0.4 is 10.1 Å². The molecule has 5 heteroatoms. The number of H-pyrrole nitrogens is 1. The van der Waals surface area contributed by atoms with Crippen LogP contribution in [0.1, 0.15) is 12.5 Å². The SMILES string of the molecule is COc1ccccc1SCC(C)CNCc1ccc2cn[nH]c2c1. The van der Waals surface area contributed by atoms with E-state index in [0.717, 1.165) is 35.5 Å². The van der Waals surface area contributed by atoms with Crippen molar-refractivity contribution in [2.24, 2.45) is 5.92 Å². The van der Waals surface area contributed by atoms with E-state index in [-0.39, 0.29) is 0 Å². The standard InChI is InChI=1S/C19H23N3OS/c1-14(13-24-19-6-4-3-5-18(19)23-2)10-20-11-15-7-8-16-12-21-22-17(16)9-15/h3-9,12,14,20H,10-11,13H2,1-2H3,(H,21,22). The maximum atomic E-state index is 5.40. The first-order chi connectivity index (χ1) is 11.8. The summed E-state index contributed by atoms with van der Waals surface area (Å²) in [6.07, 6.45) is 1.85. The molecular formula is C19H23N3OS. The predicted molar refractivity (Wildman–Crippen MR) is 101 cm³/mol. The van der Waals surface area contributed by atoms with Gasteiger partial charge in [0.05, 0.1) is 18.8 Å². The van der Waals surface area contributed by atoms with Crippen LogP contribution in [0.25, 0.3) is 10.9 Å². The van der Waals surface area contributed by atoms with Gasteiger partial charge in [-0.05, 0) is 36.2 Å². The van der Waals surface area contributed by atoms with E-state index in [1.165, 1.54) is 10.5 Å². The Kier molecular flexibility index (Phi) is 5.77. The fraction of sp³-hybridized carbons (Fsp3) is 0.316. The van der Waals surface area contributed by atoms with E-state index in [2.05, 4.69) is 52.8 Å². The van der Waals surface area contributed by atoms with Crippen molar-refractivity contribution in [1.29, 1.82) is 0 Å². The first kappa shape index (κ1) is 16.9. The largest absolute Gasteiger partial charge is 0.496 e. The van der Waals surface area contributed by atoms with Crippen LogP contribution in [-0.2, 0) is 6.54 Å². The van der Waals surface area contributed by atoms with Crippen LogP contribution in [0, 0.1) is 5.92 Å². The Bertz CT molecular complexity index is 787. The maximum Gasteiger partial charge on any atom is 0.132 e. The molecule has 0 radical (unpaired) electrons. The van der Waals surface area contributed by atoms with Crippen molar-refractivity contribution in [3.05, 3.63) is 54.2 Å². The molecule has 2 N–H and O–H groups in total. The summed E-state index contributed by atoms with van der Waals surface area (Å²) >= 11 is 1.85. The van der Waals surface area contributed by atoms with Crippen LogP contribution in [0.4, 0.5) is 0 Å². The highest BCUT2D eigenvalue weighted by Gasteiger charge is 2.07. The van der Waals surface area contributed by atoms with Crippen LogP contribution in [0.15, 0.2) is 53.6 Å². The van der Waals surface area contributed by atoms with Gasteiger partial charge in [0, 0.05) is 22.6 Å². The quantitative estimate of drug-likeness (QED) is 0.606. The lowest BCUT2D eigenvalue weighted by Gasteiger charge is -2.14. The van der Waals surface area contributed by atoms with Crippen molar-refractivity contribution in [2.45, 2.75) is 18.4 Å². The van der Waals surface area contributed by atoms with Gasteiger partial charge in [-0.25, -0.2) is 0 Å². The Morgan fingerprint density at radius 1 is 1.25 bits per heavy atom. The normalized spacial score (nSPS) is 12.4. The van der Waals surface area contributed by atoms with Crippen molar-refractivity contribution >= 4 is 22.7 Å². The Hall–Kier alpha value is -1.98. The molecule has 1 heterocycles. The second-order valence-electron chi connectivity index (χ2n) is 5.99. The summed E-state index contributed by atoms with van der Waals surface area (Å²) in [5, 5.41) is 11.8. The number of nitrogens with one attached hydrogen (secondary N) is 2. The van der Waals surface area contributed by atoms with Gasteiger partial charge in [0.15, 0.2) is 0 Å². The van der Waals surface area contributed by atoms with E-state index in [1.807, 2.05) is 30.1 Å². The zero-order valence-corrected chi connectivity index (χ0v) is 14.9. The van der Waals surface area contributed by atoms with Crippen LogP contribution in [-0.4, -0.2) is 29.6 Å². The number of ether oxygens (including phenoxy) is 1. The van der Waals surface area contributed by atoms with Crippen LogP contribution in [0.3, 0.4) is 0 Å². The molecule has 1 unspecified atom stereocenters. The summed E-state index contributed by atoms with van der Waals surface area (Å²) in [6, 6.07) is 14.6. The molecule has 126 valence electrons. The van der Waals surface area contributed by atoms with Gasteiger partial charge in [0.25, 0.3) is 0 Å². The van der Waals surface area contributed by atoms with Gasteiger partial charge in [-0.15, -0.1) is 11.8 Å². The van der Waals surface area contributed by atoms with Crippen molar-refractivity contribution in [1.82, 2.24) is 15.5 Å². The van der Waals surface area contributed by atoms with Gasteiger partial charge in [0.1, 0.15) is 5.75 Å². The van der Waals surface area contributed by atoms with Gasteiger partial charge < -0.3 is 10.1 Å². The van der Waals surface area contributed by atoms with Crippen molar-refractivity contribution in [2.75, 3.05) is 19.4 Å². The van der Waals surface area contributed by atoms with Crippen molar-refractivity contribution < 1.29 is 4.74 Å². The first-order valence-corrected chi connectivity index (χ1v) is 9.13. The van der Waals surface area contributed by atoms with Crippen LogP contribution in [0.2, 0.25) is 0 Å². The molecule has 2 aromatic carbocycles. The number of fused-ring (bicyclic) bond motifs is 1. The van der Waals surface area contributed by atoms with Crippen LogP contribution >= 0.6 is 11.8 Å². The molecule has 0 aliphatic heterocycles. The van der Waals surface area contributed by atoms with Crippen LogP contribution in [0.5, 0.6) is 5.75 Å². The van der Waals surface area contributed by atoms with Gasteiger partial charge >= 0.3 is 0 Å². The van der Waals surface area contributed by atoms with E-state index in [0.29, 0.717) is 5.92 Å². The number of aromatic amines is 1. The van der Waals surface area contributed by atoms with E-state index >= 15 is 0 Å². The minimum absolute atomic E-state index is 0.579. The summed E-state index contributed by atoms with van der Waals surface area (Å²) in [4.78, 5) is 1.21. The lowest BCUT2D eigenvalue weighted by Crippen LogP contribution is -2.22. The van der Waals surface area contributed by atoms with Gasteiger partial charge in [-0.1, -0.05) is 31.2 Å². The fourth-order valence-corrected chi connectivity index (χ4v) is 3.64. The molecule has 3 rings (SSSR count). The Balaban J connectivity index is 1.44. The molecule has 0 spiro atoms. The molecule has 0 amide bonds. The molecule has 1 aromatic heterocycles. The highest BCUT2D eigenvalue weighted by Crippen LogP contribution is 2.29. The number of thioether (sulfide) groups is 1. The number of methoxy groups -OCH3 is 1. The molecule has 0 fully saturated rings. The first-order valence-electron chi connectivity index (χ1n) is 8.15.